The quantitative estimate of drug-likeness (QED) is 0.880. The van der Waals surface area contributed by atoms with E-state index in [-0.39, 0.29) is 29.0 Å². The molecule has 1 aliphatic rings. The fraction of sp³-hybridized carbons (Fsp3) is 0.412. The van der Waals surface area contributed by atoms with Crippen LogP contribution in [0.5, 0.6) is 5.75 Å². The number of halogens is 3. The van der Waals surface area contributed by atoms with E-state index in [1.54, 1.807) is 6.21 Å². The fourth-order valence-electron chi connectivity index (χ4n) is 2.80. The van der Waals surface area contributed by atoms with E-state index >= 15 is 0 Å². The highest BCUT2D eigenvalue weighted by atomic mass is 19.4. The average molecular weight is 381 g/mol. The summed E-state index contributed by atoms with van der Waals surface area (Å²) in [7, 11) is 2.73. The van der Waals surface area contributed by atoms with Crippen molar-refractivity contribution in [2.75, 3.05) is 19.0 Å². The number of alkyl halides is 3. The van der Waals surface area contributed by atoms with Gasteiger partial charge in [-0.05, 0) is 31.0 Å². The standard InChI is InChI=1S/C17H18F3N5O2/c1-25-15(12-6-5-10(17(18,19)20)8-13(12)27-2)24-23-14(16(25)26)22-11-4-3-7-21-9-11/h5-6,8-9,11H,3-4,7H2,1-2H3,(H,22,23). The van der Waals surface area contributed by atoms with Crippen molar-refractivity contribution in [2.45, 2.75) is 25.1 Å². The maximum atomic E-state index is 12.9. The summed E-state index contributed by atoms with van der Waals surface area (Å²) in [6.07, 6.45) is -1.04. The first-order chi connectivity index (χ1) is 12.8. The largest absolute Gasteiger partial charge is 0.496 e. The summed E-state index contributed by atoms with van der Waals surface area (Å²) >= 11 is 0. The van der Waals surface area contributed by atoms with Crippen LogP contribution < -0.4 is 15.6 Å². The van der Waals surface area contributed by atoms with Gasteiger partial charge in [0.05, 0.1) is 24.3 Å². The lowest BCUT2D eigenvalue weighted by molar-refractivity contribution is -0.137. The van der Waals surface area contributed by atoms with Crippen LogP contribution in [0.25, 0.3) is 11.4 Å². The van der Waals surface area contributed by atoms with E-state index in [0.29, 0.717) is 0 Å². The zero-order chi connectivity index (χ0) is 19.6. The maximum Gasteiger partial charge on any atom is 0.416 e. The van der Waals surface area contributed by atoms with Crippen molar-refractivity contribution in [3.63, 3.8) is 0 Å². The smallest absolute Gasteiger partial charge is 0.416 e. The number of rotatable bonds is 4. The minimum Gasteiger partial charge on any atom is -0.496 e. The third-order valence-corrected chi connectivity index (χ3v) is 4.25. The van der Waals surface area contributed by atoms with Crippen molar-refractivity contribution in [1.29, 1.82) is 0 Å². The molecule has 3 rings (SSSR count). The summed E-state index contributed by atoms with van der Waals surface area (Å²) in [5, 5.41) is 10.9. The van der Waals surface area contributed by atoms with Crippen LogP contribution in [0.4, 0.5) is 19.0 Å². The van der Waals surface area contributed by atoms with Crippen LogP contribution in [0.3, 0.4) is 0 Å². The predicted molar refractivity (Wildman–Crippen MR) is 94.3 cm³/mol. The van der Waals surface area contributed by atoms with Crippen LogP contribution in [0.2, 0.25) is 0 Å². The Labute approximate surface area is 152 Å². The highest BCUT2D eigenvalue weighted by Gasteiger charge is 2.31. The molecule has 1 aliphatic heterocycles. The number of benzene rings is 1. The fourth-order valence-corrected chi connectivity index (χ4v) is 2.80. The molecule has 1 unspecified atom stereocenters. The molecule has 2 heterocycles. The summed E-state index contributed by atoms with van der Waals surface area (Å²) in [5.41, 5.74) is -1.06. The lowest BCUT2D eigenvalue weighted by Gasteiger charge is -2.18. The first kappa shape index (κ1) is 18.9. The molecule has 0 saturated carbocycles. The van der Waals surface area contributed by atoms with Crippen LogP contribution in [-0.4, -0.2) is 40.7 Å². The van der Waals surface area contributed by atoms with Gasteiger partial charge in [0, 0.05) is 19.8 Å². The molecule has 1 aromatic carbocycles. The molecule has 1 aromatic heterocycles. The van der Waals surface area contributed by atoms with Gasteiger partial charge in [0.15, 0.2) is 5.82 Å². The highest BCUT2D eigenvalue weighted by Crippen LogP contribution is 2.36. The molecule has 7 nitrogen and oxygen atoms in total. The average Bonchev–Trinajstić information content (AvgIpc) is 2.65. The summed E-state index contributed by atoms with van der Waals surface area (Å²) in [5.74, 6) is 0.119. The molecular formula is C17H18F3N5O2. The minimum absolute atomic E-state index is 0.0470. The molecule has 0 spiro atoms. The molecular weight excluding hydrogens is 363 g/mol. The van der Waals surface area contributed by atoms with Gasteiger partial charge < -0.3 is 10.1 Å². The predicted octanol–water partition coefficient (Wildman–Crippen LogP) is 2.51. The number of hydrogen-bond acceptors (Lipinski definition) is 6. The van der Waals surface area contributed by atoms with Gasteiger partial charge in [0.1, 0.15) is 5.75 Å². The number of hydrogen-bond donors (Lipinski definition) is 1. The minimum atomic E-state index is -4.50. The zero-order valence-electron chi connectivity index (χ0n) is 14.7. The summed E-state index contributed by atoms with van der Waals surface area (Å²) in [6, 6.07) is 2.89. The molecule has 27 heavy (non-hydrogen) atoms. The number of nitrogens with zero attached hydrogens (tertiary/aromatic N) is 4. The number of methoxy groups -OCH3 is 1. The van der Waals surface area contributed by atoms with E-state index in [4.69, 9.17) is 4.74 Å². The van der Waals surface area contributed by atoms with Crippen LogP contribution in [0, 0.1) is 0 Å². The Morgan fingerprint density at radius 2 is 2.07 bits per heavy atom. The molecule has 1 atom stereocenters. The Morgan fingerprint density at radius 1 is 1.30 bits per heavy atom. The SMILES string of the molecule is COc1cc(C(F)(F)F)ccc1-c1nnc(NC2C=NCCC2)c(=O)n1C. The van der Waals surface area contributed by atoms with Gasteiger partial charge in [-0.15, -0.1) is 10.2 Å². The van der Waals surface area contributed by atoms with E-state index in [1.165, 1.54) is 24.8 Å². The second kappa shape index (κ2) is 7.37. The lowest BCUT2D eigenvalue weighted by atomic mass is 10.1. The molecule has 0 bridgehead atoms. The Hall–Kier alpha value is -2.91. The number of ether oxygens (including phenoxy) is 1. The monoisotopic (exact) mass is 381 g/mol. The number of aromatic nitrogens is 3. The van der Waals surface area contributed by atoms with Gasteiger partial charge in [-0.1, -0.05) is 0 Å². The normalized spacial score (nSPS) is 17.0. The van der Waals surface area contributed by atoms with Gasteiger partial charge in [0.25, 0.3) is 5.56 Å². The van der Waals surface area contributed by atoms with Crippen molar-refractivity contribution >= 4 is 12.0 Å². The Morgan fingerprint density at radius 3 is 2.70 bits per heavy atom. The maximum absolute atomic E-state index is 12.9. The van der Waals surface area contributed by atoms with Crippen molar-refractivity contribution in [3.8, 4) is 17.1 Å². The second-order valence-electron chi connectivity index (χ2n) is 6.10. The van der Waals surface area contributed by atoms with Crippen molar-refractivity contribution in [3.05, 3.63) is 34.1 Å². The number of nitrogens with one attached hydrogen (secondary N) is 1. The second-order valence-corrected chi connectivity index (χ2v) is 6.10. The molecule has 0 amide bonds. The molecule has 0 fully saturated rings. The molecule has 2 aromatic rings. The summed E-state index contributed by atoms with van der Waals surface area (Å²) < 4.78 is 45.0. The zero-order valence-corrected chi connectivity index (χ0v) is 14.7. The van der Waals surface area contributed by atoms with Crippen LogP contribution in [0.15, 0.2) is 28.0 Å². The third kappa shape index (κ3) is 3.93. The van der Waals surface area contributed by atoms with Gasteiger partial charge in [-0.3, -0.25) is 14.4 Å². The first-order valence-electron chi connectivity index (χ1n) is 8.27. The van der Waals surface area contributed by atoms with E-state index in [2.05, 4.69) is 20.5 Å². The van der Waals surface area contributed by atoms with Gasteiger partial charge in [-0.2, -0.15) is 13.2 Å². The van der Waals surface area contributed by atoms with E-state index in [9.17, 15) is 18.0 Å². The highest BCUT2D eigenvalue weighted by molar-refractivity contribution is 5.69. The van der Waals surface area contributed by atoms with E-state index < -0.39 is 17.3 Å². The van der Waals surface area contributed by atoms with E-state index in [0.717, 1.165) is 31.5 Å². The Balaban J connectivity index is 1.98. The molecule has 144 valence electrons. The number of anilines is 1. The van der Waals surface area contributed by atoms with Crippen molar-refractivity contribution < 1.29 is 17.9 Å². The van der Waals surface area contributed by atoms with E-state index in [1.807, 2.05) is 0 Å². The van der Waals surface area contributed by atoms with Gasteiger partial charge in [0.2, 0.25) is 5.82 Å². The van der Waals surface area contributed by atoms with Crippen LogP contribution in [0.1, 0.15) is 18.4 Å². The van der Waals surface area contributed by atoms with Crippen LogP contribution in [-0.2, 0) is 13.2 Å². The first-order valence-corrected chi connectivity index (χ1v) is 8.27. The Bertz CT molecular complexity index is 924. The molecule has 0 saturated heterocycles. The third-order valence-electron chi connectivity index (χ3n) is 4.25. The van der Waals surface area contributed by atoms with Crippen molar-refractivity contribution in [1.82, 2.24) is 14.8 Å². The van der Waals surface area contributed by atoms with Crippen LogP contribution >= 0.6 is 0 Å². The molecule has 10 heteroatoms. The molecule has 0 aliphatic carbocycles. The summed E-state index contributed by atoms with van der Waals surface area (Å²) in [4.78, 5) is 16.8. The molecule has 0 radical (unpaired) electrons. The lowest BCUT2D eigenvalue weighted by Crippen LogP contribution is -2.32. The van der Waals surface area contributed by atoms with Gasteiger partial charge in [-0.25, -0.2) is 0 Å². The Kier molecular flexibility index (Phi) is 5.15. The topological polar surface area (TPSA) is 81.4 Å². The number of aliphatic imine (C=N–C) groups is 1. The van der Waals surface area contributed by atoms with Gasteiger partial charge >= 0.3 is 6.18 Å². The molecule has 1 N–H and O–H groups in total. The van der Waals surface area contributed by atoms with Crippen molar-refractivity contribution in [2.24, 2.45) is 12.0 Å². The summed E-state index contributed by atoms with van der Waals surface area (Å²) in [6.45, 7) is 0.758.